The monoisotopic (exact) mass is 405 g/mol. The van der Waals surface area contributed by atoms with Gasteiger partial charge in [0.2, 0.25) is 0 Å². The van der Waals surface area contributed by atoms with E-state index in [1.807, 2.05) is 14.1 Å². The molecule has 4 N–H and O–H groups in total. The molecule has 3 rings (SSSR count). The lowest BCUT2D eigenvalue weighted by molar-refractivity contribution is 0.311. The predicted molar refractivity (Wildman–Crippen MR) is 126 cm³/mol. The van der Waals surface area contributed by atoms with Crippen molar-refractivity contribution < 1.29 is 10.2 Å². The van der Waals surface area contributed by atoms with E-state index in [-0.39, 0.29) is 19.1 Å². The zero-order valence-corrected chi connectivity index (χ0v) is 17.7. The molecule has 0 amide bonds. The lowest BCUT2D eigenvalue weighted by Gasteiger charge is -2.21. The average Bonchev–Trinajstić information content (AvgIpc) is 2.78. The lowest BCUT2D eigenvalue weighted by atomic mass is 9.85. The first-order valence-electron chi connectivity index (χ1n) is 10.3. The highest BCUT2D eigenvalue weighted by atomic mass is 16.3. The largest absolute Gasteiger partial charge is 0.395 e. The van der Waals surface area contributed by atoms with Gasteiger partial charge in [-0.3, -0.25) is 0 Å². The molecular weight excluding hydrogens is 374 g/mol. The Balaban J connectivity index is 1.94. The second kappa shape index (κ2) is 10.7. The van der Waals surface area contributed by atoms with Crippen molar-refractivity contribution in [2.24, 2.45) is 0 Å². The Morgan fingerprint density at radius 1 is 0.633 bits per heavy atom. The second-order valence-corrected chi connectivity index (χ2v) is 7.46. The molecule has 0 saturated carbocycles. The maximum atomic E-state index is 9.02. The summed E-state index contributed by atoms with van der Waals surface area (Å²) in [6.45, 7) is 1.30. The van der Waals surface area contributed by atoms with Gasteiger partial charge in [-0.05, 0) is 53.1 Å². The van der Waals surface area contributed by atoms with Gasteiger partial charge in [-0.2, -0.15) is 0 Å². The predicted octanol–water partition coefficient (Wildman–Crippen LogP) is 3.74. The van der Waals surface area contributed by atoms with Gasteiger partial charge in [-0.25, -0.2) is 0 Å². The van der Waals surface area contributed by atoms with Crippen LogP contribution in [0, 0.1) is 0 Å². The Morgan fingerprint density at radius 3 is 1.33 bits per heavy atom. The fraction of sp³-hybridized carbons (Fsp3) is 0.280. The van der Waals surface area contributed by atoms with E-state index < -0.39 is 0 Å². The maximum absolute atomic E-state index is 9.02. The van der Waals surface area contributed by atoms with Crippen LogP contribution in [0.4, 0.5) is 17.1 Å². The molecular formula is C25H31N3O2. The molecule has 0 spiro atoms. The van der Waals surface area contributed by atoms with Gasteiger partial charge >= 0.3 is 0 Å². The van der Waals surface area contributed by atoms with Crippen molar-refractivity contribution in [1.82, 2.24) is 0 Å². The second-order valence-electron chi connectivity index (χ2n) is 7.46. The maximum Gasteiger partial charge on any atom is 0.0604 e. The van der Waals surface area contributed by atoms with Gasteiger partial charge in [0.15, 0.2) is 0 Å². The normalized spacial score (nSPS) is 10.8. The van der Waals surface area contributed by atoms with E-state index in [1.54, 1.807) is 0 Å². The van der Waals surface area contributed by atoms with E-state index in [4.69, 9.17) is 10.2 Å². The van der Waals surface area contributed by atoms with Crippen LogP contribution in [0.25, 0.3) is 0 Å². The Hall–Kier alpha value is -3.02. The number of nitrogens with one attached hydrogen (secondary N) is 2. The fourth-order valence-electron chi connectivity index (χ4n) is 3.53. The summed E-state index contributed by atoms with van der Waals surface area (Å²) in [4.78, 5) is 2.10. The van der Waals surface area contributed by atoms with Crippen LogP contribution in [0.1, 0.15) is 22.6 Å². The van der Waals surface area contributed by atoms with Crippen molar-refractivity contribution in [3.63, 3.8) is 0 Å². The third-order valence-electron chi connectivity index (χ3n) is 5.11. The van der Waals surface area contributed by atoms with Crippen molar-refractivity contribution in [3.8, 4) is 0 Å². The van der Waals surface area contributed by atoms with Crippen LogP contribution in [0.15, 0.2) is 72.8 Å². The van der Waals surface area contributed by atoms with E-state index in [0.717, 1.165) is 11.4 Å². The Labute approximate surface area is 179 Å². The summed E-state index contributed by atoms with van der Waals surface area (Å²) in [5.41, 5.74) is 6.81. The van der Waals surface area contributed by atoms with Crippen LogP contribution in [0.5, 0.6) is 0 Å². The fourth-order valence-corrected chi connectivity index (χ4v) is 3.53. The van der Waals surface area contributed by atoms with Crippen molar-refractivity contribution in [3.05, 3.63) is 89.5 Å². The first kappa shape index (κ1) is 21.7. The number of hydrogen-bond acceptors (Lipinski definition) is 5. The van der Waals surface area contributed by atoms with Gasteiger partial charge in [0.25, 0.3) is 0 Å². The number of rotatable bonds is 10. The summed E-state index contributed by atoms with van der Waals surface area (Å²) in [7, 11) is 4.09. The molecule has 0 aliphatic rings. The molecule has 3 aromatic carbocycles. The Kier molecular flexibility index (Phi) is 7.71. The van der Waals surface area contributed by atoms with Crippen molar-refractivity contribution >= 4 is 17.1 Å². The van der Waals surface area contributed by atoms with Crippen LogP contribution in [0.3, 0.4) is 0 Å². The molecule has 0 radical (unpaired) electrons. The third-order valence-corrected chi connectivity index (χ3v) is 5.11. The van der Waals surface area contributed by atoms with Crippen LogP contribution >= 0.6 is 0 Å². The lowest BCUT2D eigenvalue weighted by Crippen LogP contribution is -2.10. The summed E-state index contributed by atoms with van der Waals surface area (Å²) in [5.74, 6) is 0.111. The number of aliphatic hydroxyl groups excluding tert-OH is 2. The highest BCUT2D eigenvalue weighted by Crippen LogP contribution is 2.34. The van der Waals surface area contributed by atoms with Crippen LogP contribution in [-0.4, -0.2) is 50.6 Å². The minimum absolute atomic E-state index is 0.110. The van der Waals surface area contributed by atoms with Crippen molar-refractivity contribution in [1.29, 1.82) is 0 Å². The van der Waals surface area contributed by atoms with Crippen LogP contribution < -0.4 is 15.5 Å². The number of hydrogen-bond donors (Lipinski definition) is 4. The van der Waals surface area contributed by atoms with Crippen molar-refractivity contribution in [2.75, 3.05) is 55.9 Å². The van der Waals surface area contributed by atoms with E-state index >= 15 is 0 Å². The van der Waals surface area contributed by atoms with Crippen LogP contribution in [0.2, 0.25) is 0 Å². The number of anilines is 3. The van der Waals surface area contributed by atoms with Gasteiger partial charge in [-0.15, -0.1) is 0 Å². The van der Waals surface area contributed by atoms with E-state index in [9.17, 15) is 0 Å². The van der Waals surface area contributed by atoms with E-state index in [0.29, 0.717) is 13.1 Å². The molecule has 158 valence electrons. The van der Waals surface area contributed by atoms with Gasteiger partial charge in [0.05, 0.1) is 13.2 Å². The average molecular weight is 406 g/mol. The smallest absolute Gasteiger partial charge is 0.0604 e. The Bertz CT molecular complexity index is 840. The molecule has 5 nitrogen and oxygen atoms in total. The molecule has 0 saturated heterocycles. The summed E-state index contributed by atoms with van der Waals surface area (Å²) >= 11 is 0. The molecule has 0 bridgehead atoms. The van der Waals surface area contributed by atoms with E-state index in [1.165, 1.54) is 22.4 Å². The van der Waals surface area contributed by atoms with Gasteiger partial charge in [0, 0.05) is 50.2 Å². The number of benzene rings is 3. The zero-order chi connectivity index (χ0) is 21.3. The Morgan fingerprint density at radius 2 is 1.00 bits per heavy atom. The standard InChI is InChI=1S/C25H31N3O2/c1-28(2)24-13-7-21(8-14-24)25(19-3-9-22(10-4-19)26-15-17-29)20-5-11-23(12-6-20)27-16-18-30/h3-14,25-27,29-30H,15-18H2,1-2H3. The van der Waals surface area contributed by atoms with Gasteiger partial charge in [0.1, 0.15) is 0 Å². The molecule has 0 fully saturated rings. The summed E-state index contributed by atoms with van der Waals surface area (Å²) in [6.07, 6.45) is 0. The number of aliphatic hydroxyl groups is 2. The zero-order valence-electron chi connectivity index (χ0n) is 17.7. The van der Waals surface area contributed by atoms with Crippen molar-refractivity contribution in [2.45, 2.75) is 5.92 Å². The molecule has 30 heavy (non-hydrogen) atoms. The first-order valence-corrected chi connectivity index (χ1v) is 10.3. The molecule has 0 aromatic heterocycles. The molecule has 0 atom stereocenters. The quantitative estimate of drug-likeness (QED) is 0.387. The first-order chi connectivity index (χ1) is 14.6. The van der Waals surface area contributed by atoms with Gasteiger partial charge in [-0.1, -0.05) is 36.4 Å². The SMILES string of the molecule is CN(C)c1ccc(C(c2ccc(NCCO)cc2)c2ccc(NCCO)cc2)cc1. The molecule has 3 aromatic rings. The van der Waals surface area contributed by atoms with Gasteiger partial charge < -0.3 is 25.7 Å². The summed E-state index contributed by atoms with van der Waals surface area (Å²) in [5, 5.41) is 24.4. The molecule has 0 unspecified atom stereocenters. The third kappa shape index (κ3) is 5.53. The molecule has 0 aliphatic carbocycles. The molecule has 0 heterocycles. The highest BCUT2D eigenvalue weighted by molar-refractivity contribution is 5.54. The topological polar surface area (TPSA) is 67.8 Å². The highest BCUT2D eigenvalue weighted by Gasteiger charge is 2.17. The minimum atomic E-state index is 0.110. The summed E-state index contributed by atoms with van der Waals surface area (Å²) in [6, 6.07) is 25.5. The minimum Gasteiger partial charge on any atom is -0.395 e. The van der Waals surface area contributed by atoms with Crippen LogP contribution in [-0.2, 0) is 0 Å². The number of nitrogens with zero attached hydrogens (tertiary/aromatic N) is 1. The van der Waals surface area contributed by atoms with E-state index in [2.05, 4.69) is 88.3 Å². The summed E-state index contributed by atoms with van der Waals surface area (Å²) < 4.78 is 0. The molecule has 0 aliphatic heterocycles. The molecule has 5 heteroatoms.